The summed E-state index contributed by atoms with van der Waals surface area (Å²) in [4.78, 5) is 23.9. The fourth-order valence-electron chi connectivity index (χ4n) is 2.40. The number of carbonyl (C=O) groups excluding carboxylic acids is 2. The molecule has 26 heavy (non-hydrogen) atoms. The topological polar surface area (TPSA) is 64.6 Å². The maximum atomic E-state index is 12.5. The number of ether oxygens (including phenoxy) is 2. The van der Waals surface area contributed by atoms with E-state index in [4.69, 9.17) is 15.9 Å². The maximum absolute atomic E-state index is 12.5. The van der Waals surface area contributed by atoms with Crippen LogP contribution < -0.4 is 14.8 Å². The van der Waals surface area contributed by atoms with Crippen LogP contribution in [0.3, 0.4) is 0 Å². The van der Waals surface area contributed by atoms with E-state index in [0.29, 0.717) is 22.7 Å². The Bertz CT molecular complexity index is 943. The third-order valence-electron chi connectivity index (χ3n) is 3.59. The third-order valence-corrected chi connectivity index (χ3v) is 4.09. The molecule has 0 fully saturated rings. The number of carbonyl (C=O) groups is 2. The molecular weight excluding hydrogens is 398 g/mol. The zero-order valence-electron chi connectivity index (χ0n) is 13.6. The molecule has 0 saturated heterocycles. The van der Waals surface area contributed by atoms with Gasteiger partial charge in [0.1, 0.15) is 18.1 Å². The average Bonchev–Trinajstić information content (AvgIpc) is 2.64. The number of allylic oxidation sites excluding steroid dienone is 1. The third kappa shape index (κ3) is 4.13. The Hall–Kier alpha value is -3.04. The van der Waals surface area contributed by atoms with E-state index < -0.39 is 0 Å². The van der Waals surface area contributed by atoms with E-state index in [1.54, 1.807) is 30.3 Å². The van der Waals surface area contributed by atoms with Crippen LogP contribution in [0.25, 0.3) is 6.08 Å². The molecular formula is C20H14BrNO4. The first kappa shape index (κ1) is 17.8. The predicted octanol–water partition coefficient (Wildman–Crippen LogP) is 3.69. The largest absolute Gasteiger partial charge is 0.482 e. The Morgan fingerprint density at radius 1 is 1.35 bits per heavy atom. The van der Waals surface area contributed by atoms with Crippen molar-refractivity contribution >= 4 is 39.4 Å². The molecule has 2 aromatic rings. The van der Waals surface area contributed by atoms with Crippen molar-refractivity contribution in [2.45, 2.75) is 0 Å². The van der Waals surface area contributed by atoms with Crippen LogP contribution in [-0.4, -0.2) is 24.9 Å². The van der Waals surface area contributed by atoms with Crippen LogP contribution in [0.4, 0.5) is 5.69 Å². The summed E-state index contributed by atoms with van der Waals surface area (Å²) in [5.41, 5.74) is 1.64. The number of terminal acetylenes is 1. The summed E-state index contributed by atoms with van der Waals surface area (Å²) in [6, 6.07) is 10.3. The van der Waals surface area contributed by atoms with Gasteiger partial charge in [-0.1, -0.05) is 21.9 Å². The summed E-state index contributed by atoms with van der Waals surface area (Å²) < 4.78 is 11.6. The molecule has 0 unspecified atom stereocenters. The molecule has 5 nitrogen and oxygen atoms in total. The van der Waals surface area contributed by atoms with Gasteiger partial charge < -0.3 is 14.8 Å². The minimum absolute atomic E-state index is 0.0243. The van der Waals surface area contributed by atoms with Crippen molar-refractivity contribution in [3.05, 3.63) is 58.1 Å². The summed E-state index contributed by atoms with van der Waals surface area (Å²) in [7, 11) is 0. The Morgan fingerprint density at radius 3 is 3.00 bits per heavy atom. The summed E-state index contributed by atoms with van der Waals surface area (Å²) in [5.74, 6) is 3.08. The second kappa shape index (κ2) is 7.89. The highest BCUT2D eigenvalue weighted by molar-refractivity contribution is 9.10. The number of hydrogen-bond acceptors (Lipinski definition) is 4. The number of hydrogen-bond donors (Lipinski definition) is 1. The molecule has 130 valence electrons. The molecule has 0 bridgehead atoms. The Labute approximate surface area is 159 Å². The van der Waals surface area contributed by atoms with Gasteiger partial charge in [-0.2, -0.15) is 0 Å². The molecule has 0 saturated carbocycles. The SMILES string of the molecule is C#CCOc1ccc(Br)cc1/C=C/C(=O)c1ccc2c(c1)NC(=O)CO2. The molecule has 6 heteroatoms. The average molecular weight is 412 g/mol. The van der Waals surface area contributed by atoms with Crippen molar-refractivity contribution in [3.63, 3.8) is 0 Å². The van der Waals surface area contributed by atoms with E-state index in [1.165, 1.54) is 6.08 Å². The molecule has 1 heterocycles. The molecule has 0 radical (unpaired) electrons. The normalized spacial score (nSPS) is 12.7. The van der Waals surface area contributed by atoms with Crippen LogP contribution in [0.1, 0.15) is 15.9 Å². The monoisotopic (exact) mass is 411 g/mol. The Kier molecular flexibility index (Phi) is 5.40. The van der Waals surface area contributed by atoms with Crippen LogP contribution in [-0.2, 0) is 4.79 Å². The predicted molar refractivity (Wildman–Crippen MR) is 102 cm³/mol. The van der Waals surface area contributed by atoms with Crippen molar-refractivity contribution < 1.29 is 19.1 Å². The number of fused-ring (bicyclic) bond motifs is 1. The quantitative estimate of drug-likeness (QED) is 0.462. The lowest BCUT2D eigenvalue weighted by Gasteiger charge is -2.18. The fourth-order valence-corrected chi connectivity index (χ4v) is 2.78. The minimum atomic E-state index is -0.248. The molecule has 0 atom stereocenters. The smallest absolute Gasteiger partial charge is 0.262 e. The number of amides is 1. The van der Waals surface area contributed by atoms with Crippen molar-refractivity contribution in [2.75, 3.05) is 18.5 Å². The lowest BCUT2D eigenvalue weighted by molar-refractivity contribution is -0.118. The molecule has 0 aliphatic carbocycles. The summed E-state index contributed by atoms with van der Waals surface area (Å²) in [6.45, 7) is 0.116. The first-order valence-electron chi connectivity index (χ1n) is 7.72. The maximum Gasteiger partial charge on any atom is 0.262 e. The molecule has 0 aromatic heterocycles. The van der Waals surface area contributed by atoms with E-state index in [9.17, 15) is 9.59 Å². The van der Waals surface area contributed by atoms with E-state index >= 15 is 0 Å². The second-order valence-corrected chi connectivity index (χ2v) is 6.34. The van der Waals surface area contributed by atoms with Crippen LogP contribution in [0.2, 0.25) is 0 Å². The summed E-state index contributed by atoms with van der Waals surface area (Å²) >= 11 is 3.39. The number of benzene rings is 2. The van der Waals surface area contributed by atoms with Gasteiger partial charge in [0.05, 0.1) is 5.69 Å². The van der Waals surface area contributed by atoms with Crippen molar-refractivity contribution in [1.82, 2.24) is 0 Å². The van der Waals surface area contributed by atoms with Gasteiger partial charge >= 0.3 is 0 Å². The molecule has 1 aliphatic heterocycles. The molecule has 2 aromatic carbocycles. The highest BCUT2D eigenvalue weighted by atomic mass is 79.9. The zero-order chi connectivity index (χ0) is 18.5. The standard InChI is InChI=1S/C20H14BrNO4/c1-2-9-25-18-8-5-15(21)10-14(18)3-6-17(23)13-4-7-19-16(11-13)22-20(24)12-26-19/h1,3-8,10-11H,9,12H2,(H,22,24)/b6-3+. The second-order valence-electron chi connectivity index (χ2n) is 5.42. The number of ketones is 1. The van der Waals surface area contributed by atoms with Crippen LogP contribution in [0.15, 0.2) is 46.9 Å². The lowest BCUT2D eigenvalue weighted by Crippen LogP contribution is -2.25. The van der Waals surface area contributed by atoms with E-state index in [2.05, 4.69) is 27.2 Å². The minimum Gasteiger partial charge on any atom is -0.482 e. The van der Waals surface area contributed by atoms with Gasteiger partial charge in [0.15, 0.2) is 12.4 Å². The van der Waals surface area contributed by atoms with Crippen LogP contribution in [0, 0.1) is 12.3 Å². The number of anilines is 1. The van der Waals surface area contributed by atoms with Gasteiger partial charge in [-0.05, 0) is 48.6 Å². The molecule has 1 N–H and O–H groups in total. The number of nitrogens with one attached hydrogen (secondary N) is 1. The summed E-state index contributed by atoms with van der Waals surface area (Å²) in [6.07, 6.45) is 8.33. The van der Waals surface area contributed by atoms with Gasteiger partial charge in [-0.25, -0.2) is 0 Å². The van der Waals surface area contributed by atoms with Crippen molar-refractivity contribution in [1.29, 1.82) is 0 Å². The van der Waals surface area contributed by atoms with Crippen LogP contribution >= 0.6 is 15.9 Å². The Morgan fingerprint density at radius 2 is 2.19 bits per heavy atom. The van der Waals surface area contributed by atoms with Crippen molar-refractivity contribution in [2.24, 2.45) is 0 Å². The van der Waals surface area contributed by atoms with Crippen molar-refractivity contribution in [3.8, 4) is 23.8 Å². The van der Waals surface area contributed by atoms with Gasteiger partial charge in [0, 0.05) is 15.6 Å². The van der Waals surface area contributed by atoms with E-state index in [-0.39, 0.29) is 24.9 Å². The molecule has 1 aliphatic rings. The number of halogens is 1. The van der Waals surface area contributed by atoms with Crippen LogP contribution in [0.5, 0.6) is 11.5 Å². The first-order chi connectivity index (χ1) is 12.6. The van der Waals surface area contributed by atoms with E-state index in [1.807, 2.05) is 12.1 Å². The van der Waals surface area contributed by atoms with Gasteiger partial charge in [0.2, 0.25) is 0 Å². The van der Waals surface area contributed by atoms with Gasteiger partial charge in [-0.3, -0.25) is 9.59 Å². The summed E-state index contributed by atoms with van der Waals surface area (Å²) in [5, 5.41) is 2.68. The Balaban J connectivity index is 1.82. The van der Waals surface area contributed by atoms with Gasteiger partial charge in [0.25, 0.3) is 5.91 Å². The van der Waals surface area contributed by atoms with Gasteiger partial charge in [-0.15, -0.1) is 6.42 Å². The molecule has 1 amide bonds. The lowest BCUT2D eigenvalue weighted by atomic mass is 10.1. The number of rotatable bonds is 5. The fraction of sp³-hybridized carbons (Fsp3) is 0.100. The highest BCUT2D eigenvalue weighted by Crippen LogP contribution is 2.29. The van der Waals surface area contributed by atoms with E-state index in [0.717, 1.165) is 10.0 Å². The molecule has 3 rings (SSSR count). The highest BCUT2D eigenvalue weighted by Gasteiger charge is 2.17. The molecule has 0 spiro atoms. The zero-order valence-corrected chi connectivity index (χ0v) is 15.2. The first-order valence-corrected chi connectivity index (χ1v) is 8.51.